The van der Waals surface area contributed by atoms with E-state index < -0.39 is 0 Å². The summed E-state index contributed by atoms with van der Waals surface area (Å²) in [6.07, 6.45) is 3.40. The molecule has 0 N–H and O–H groups in total. The van der Waals surface area contributed by atoms with Gasteiger partial charge in [0, 0.05) is 49.7 Å². The Morgan fingerprint density at radius 1 is 1.24 bits per heavy atom. The summed E-state index contributed by atoms with van der Waals surface area (Å²) >= 11 is 0. The van der Waals surface area contributed by atoms with Crippen LogP contribution in [-0.4, -0.2) is 36.0 Å². The van der Waals surface area contributed by atoms with Crippen LogP contribution in [0.4, 0.5) is 4.39 Å². The molecule has 1 aromatic carbocycles. The monoisotopic (exact) mass is 396 g/mol. The van der Waals surface area contributed by atoms with E-state index in [-0.39, 0.29) is 36.1 Å². The Morgan fingerprint density at radius 3 is 2.69 bits per heavy atom. The van der Waals surface area contributed by atoms with Gasteiger partial charge in [-0.2, -0.15) is 0 Å². The standard InChI is InChI=1S/C23H25FN2O3/c1-3-4-22(28)23-21-13-25-19(9-16(21)12-26-23)11-20(27)10-17(14-29-2)15-5-7-18(24)8-6-15/h5-9,13,17H,3-4,10-12,14H2,1-2H3/t17-/m1/s1. The molecule has 1 aliphatic heterocycles. The highest BCUT2D eigenvalue weighted by molar-refractivity contribution is 6.47. The van der Waals surface area contributed by atoms with Crippen LogP contribution in [0, 0.1) is 5.82 Å². The van der Waals surface area contributed by atoms with Crippen molar-refractivity contribution in [3.05, 3.63) is 64.7 Å². The number of fused-ring (bicyclic) bond motifs is 1. The number of aromatic nitrogens is 1. The van der Waals surface area contributed by atoms with Crippen molar-refractivity contribution in [3.63, 3.8) is 0 Å². The summed E-state index contributed by atoms with van der Waals surface area (Å²) in [5.74, 6) is -0.370. The van der Waals surface area contributed by atoms with E-state index in [0.29, 0.717) is 31.0 Å². The van der Waals surface area contributed by atoms with Gasteiger partial charge in [-0.1, -0.05) is 19.1 Å². The zero-order valence-corrected chi connectivity index (χ0v) is 16.8. The van der Waals surface area contributed by atoms with Crippen LogP contribution in [0.25, 0.3) is 0 Å². The third-order valence-corrected chi connectivity index (χ3v) is 5.01. The lowest BCUT2D eigenvalue weighted by Crippen LogP contribution is -2.16. The van der Waals surface area contributed by atoms with Gasteiger partial charge in [0.25, 0.3) is 0 Å². The molecule has 3 rings (SSSR count). The molecule has 0 spiro atoms. The van der Waals surface area contributed by atoms with Gasteiger partial charge in [0.1, 0.15) is 17.3 Å². The van der Waals surface area contributed by atoms with Crippen LogP contribution in [0.15, 0.2) is 41.5 Å². The Labute approximate surface area is 170 Å². The van der Waals surface area contributed by atoms with Gasteiger partial charge in [-0.3, -0.25) is 19.6 Å². The average molecular weight is 396 g/mol. The Balaban J connectivity index is 1.66. The third kappa shape index (κ3) is 5.21. The molecule has 2 aromatic rings. The molecule has 5 nitrogen and oxygen atoms in total. The van der Waals surface area contributed by atoms with E-state index >= 15 is 0 Å². The summed E-state index contributed by atoms with van der Waals surface area (Å²) < 4.78 is 18.4. The maximum atomic E-state index is 13.2. The number of Topliss-reactive ketones (excluding diaryl/α,β-unsaturated/α-hetero) is 2. The van der Waals surface area contributed by atoms with Gasteiger partial charge in [0.2, 0.25) is 0 Å². The normalized spacial score (nSPS) is 13.7. The fraction of sp³-hybridized carbons (Fsp3) is 0.391. The van der Waals surface area contributed by atoms with Gasteiger partial charge in [0.15, 0.2) is 5.78 Å². The van der Waals surface area contributed by atoms with Gasteiger partial charge < -0.3 is 4.74 Å². The zero-order chi connectivity index (χ0) is 20.8. The predicted molar refractivity (Wildman–Crippen MR) is 109 cm³/mol. The van der Waals surface area contributed by atoms with Gasteiger partial charge >= 0.3 is 0 Å². The molecular formula is C23H25FN2O3. The van der Waals surface area contributed by atoms with Crippen LogP contribution in [0.1, 0.15) is 54.5 Å². The number of aliphatic imine (C=N–C) groups is 1. The molecular weight excluding hydrogens is 371 g/mol. The SMILES string of the molecule is CCCC(=O)C1=NCc2cc(CC(=O)C[C@H](COC)c3ccc(F)cc3)ncc21. The number of benzene rings is 1. The van der Waals surface area contributed by atoms with E-state index in [2.05, 4.69) is 9.98 Å². The van der Waals surface area contributed by atoms with Crippen LogP contribution in [0.3, 0.4) is 0 Å². The Morgan fingerprint density at radius 2 is 2.00 bits per heavy atom. The lowest BCUT2D eigenvalue weighted by molar-refractivity contribution is -0.119. The van der Waals surface area contributed by atoms with Gasteiger partial charge in [-0.15, -0.1) is 0 Å². The first kappa shape index (κ1) is 21.0. The molecule has 1 aliphatic rings. The molecule has 1 atom stereocenters. The Bertz CT molecular complexity index is 922. The van der Waals surface area contributed by atoms with Crippen molar-refractivity contribution >= 4 is 17.3 Å². The van der Waals surface area contributed by atoms with Crippen molar-refractivity contribution < 1.29 is 18.7 Å². The average Bonchev–Trinajstić information content (AvgIpc) is 3.12. The molecule has 0 amide bonds. The fourth-order valence-corrected chi connectivity index (χ4v) is 3.58. The summed E-state index contributed by atoms with van der Waals surface area (Å²) in [7, 11) is 1.58. The summed E-state index contributed by atoms with van der Waals surface area (Å²) in [5.41, 5.74) is 3.76. The number of hydrogen-bond acceptors (Lipinski definition) is 5. The molecule has 0 saturated heterocycles. The molecule has 0 saturated carbocycles. The fourth-order valence-electron chi connectivity index (χ4n) is 3.58. The zero-order valence-electron chi connectivity index (χ0n) is 16.8. The highest BCUT2D eigenvalue weighted by Crippen LogP contribution is 2.23. The number of carbonyl (C=O) groups is 2. The molecule has 29 heavy (non-hydrogen) atoms. The highest BCUT2D eigenvalue weighted by Gasteiger charge is 2.23. The van der Waals surface area contributed by atoms with Crippen molar-refractivity contribution in [3.8, 4) is 0 Å². The number of pyridine rings is 1. The topological polar surface area (TPSA) is 68.6 Å². The van der Waals surface area contributed by atoms with E-state index in [9.17, 15) is 14.0 Å². The van der Waals surface area contributed by atoms with E-state index in [1.807, 2.05) is 13.0 Å². The second kappa shape index (κ2) is 9.65. The lowest BCUT2D eigenvalue weighted by atomic mass is 9.92. The van der Waals surface area contributed by atoms with E-state index in [1.165, 1.54) is 12.1 Å². The summed E-state index contributed by atoms with van der Waals surface area (Å²) in [6, 6.07) is 8.02. The largest absolute Gasteiger partial charge is 0.384 e. The highest BCUT2D eigenvalue weighted by atomic mass is 19.1. The molecule has 1 aromatic heterocycles. The maximum absolute atomic E-state index is 13.2. The van der Waals surface area contributed by atoms with Gasteiger partial charge in [0.05, 0.1) is 13.2 Å². The quantitative estimate of drug-likeness (QED) is 0.612. The Hall–Kier alpha value is -2.73. The molecule has 0 bridgehead atoms. The van der Waals surface area contributed by atoms with Crippen molar-refractivity contribution in [2.24, 2.45) is 4.99 Å². The number of carbonyl (C=O) groups excluding carboxylic acids is 2. The summed E-state index contributed by atoms with van der Waals surface area (Å²) in [6.45, 7) is 2.79. The van der Waals surface area contributed by atoms with Crippen LogP contribution in [0.2, 0.25) is 0 Å². The number of ether oxygens (including phenoxy) is 1. The maximum Gasteiger partial charge on any atom is 0.181 e. The van der Waals surface area contributed by atoms with Crippen LogP contribution in [0.5, 0.6) is 0 Å². The van der Waals surface area contributed by atoms with E-state index in [1.54, 1.807) is 25.4 Å². The number of hydrogen-bond donors (Lipinski definition) is 0. The van der Waals surface area contributed by atoms with Crippen molar-refractivity contribution in [1.82, 2.24) is 4.98 Å². The molecule has 2 heterocycles. The second-order valence-electron chi connectivity index (χ2n) is 7.29. The molecule has 0 unspecified atom stereocenters. The van der Waals surface area contributed by atoms with Gasteiger partial charge in [-0.25, -0.2) is 4.39 Å². The number of ketones is 2. The molecule has 152 valence electrons. The molecule has 0 radical (unpaired) electrons. The first-order valence-electron chi connectivity index (χ1n) is 9.83. The molecule has 0 fully saturated rings. The smallest absolute Gasteiger partial charge is 0.181 e. The van der Waals surface area contributed by atoms with Crippen molar-refractivity contribution in [2.75, 3.05) is 13.7 Å². The molecule has 0 aliphatic carbocycles. The van der Waals surface area contributed by atoms with Crippen molar-refractivity contribution in [2.45, 2.75) is 45.1 Å². The van der Waals surface area contributed by atoms with Crippen LogP contribution >= 0.6 is 0 Å². The number of nitrogens with zero attached hydrogens (tertiary/aromatic N) is 2. The molecule has 6 heteroatoms. The van der Waals surface area contributed by atoms with Gasteiger partial charge in [-0.05, 0) is 35.7 Å². The minimum Gasteiger partial charge on any atom is -0.384 e. The second-order valence-corrected chi connectivity index (χ2v) is 7.29. The predicted octanol–water partition coefficient (Wildman–Crippen LogP) is 3.82. The minimum absolute atomic E-state index is 0.0324. The first-order chi connectivity index (χ1) is 14.0. The third-order valence-electron chi connectivity index (χ3n) is 5.01. The first-order valence-corrected chi connectivity index (χ1v) is 9.83. The minimum atomic E-state index is -0.308. The number of rotatable bonds is 10. The van der Waals surface area contributed by atoms with E-state index in [4.69, 9.17) is 4.74 Å². The lowest BCUT2D eigenvalue weighted by Gasteiger charge is -2.16. The number of methoxy groups -OCH3 is 1. The Kier molecular flexibility index (Phi) is 6.99. The van der Waals surface area contributed by atoms with Crippen LogP contribution in [-0.2, 0) is 27.3 Å². The summed E-state index contributed by atoms with van der Waals surface area (Å²) in [4.78, 5) is 33.5. The summed E-state index contributed by atoms with van der Waals surface area (Å²) in [5, 5.41) is 0. The van der Waals surface area contributed by atoms with E-state index in [0.717, 1.165) is 23.1 Å². The number of halogens is 1. The van der Waals surface area contributed by atoms with Crippen LogP contribution < -0.4 is 0 Å². The van der Waals surface area contributed by atoms with Crippen molar-refractivity contribution in [1.29, 1.82) is 0 Å².